The maximum Gasteiger partial charge on any atom is 0.105 e. The Bertz CT molecular complexity index is 678. The molecule has 0 saturated carbocycles. The number of halogens is 2. The number of hydrogen-bond donors (Lipinski definition) is 1. The van der Waals surface area contributed by atoms with Gasteiger partial charge < -0.3 is 5.11 Å². The van der Waals surface area contributed by atoms with Gasteiger partial charge >= 0.3 is 0 Å². The molecule has 0 bridgehead atoms. The van der Waals surface area contributed by atoms with Crippen LogP contribution < -0.4 is 0 Å². The molecule has 21 heavy (non-hydrogen) atoms. The molecule has 1 N–H and O–H groups in total. The minimum atomic E-state index is -0.642. The van der Waals surface area contributed by atoms with Crippen molar-refractivity contribution in [3.8, 4) is 0 Å². The minimum Gasteiger partial charge on any atom is -0.384 e. The SMILES string of the molecule is Cc1c(C)c(C)c(C(O)c2ccc(Cl)c(Br)c2)c(C)c1C. The second kappa shape index (κ2) is 6.12. The highest BCUT2D eigenvalue weighted by atomic mass is 79.9. The van der Waals surface area contributed by atoms with Crippen molar-refractivity contribution in [2.45, 2.75) is 40.7 Å². The summed E-state index contributed by atoms with van der Waals surface area (Å²) < 4.78 is 0.802. The highest BCUT2D eigenvalue weighted by Gasteiger charge is 2.20. The zero-order valence-corrected chi connectivity index (χ0v) is 15.4. The first-order valence-electron chi connectivity index (χ1n) is 6.95. The Hall–Kier alpha value is -0.830. The van der Waals surface area contributed by atoms with Crippen LogP contribution in [0, 0.1) is 34.6 Å². The van der Waals surface area contributed by atoms with E-state index in [-0.39, 0.29) is 0 Å². The van der Waals surface area contributed by atoms with E-state index in [9.17, 15) is 5.11 Å². The van der Waals surface area contributed by atoms with E-state index in [1.807, 2.05) is 18.2 Å². The van der Waals surface area contributed by atoms with Gasteiger partial charge in [0.15, 0.2) is 0 Å². The van der Waals surface area contributed by atoms with E-state index in [1.54, 1.807) is 0 Å². The molecule has 3 heteroatoms. The molecule has 2 rings (SSSR count). The molecule has 0 spiro atoms. The third kappa shape index (κ3) is 2.90. The number of benzene rings is 2. The van der Waals surface area contributed by atoms with Gasteiger partial charge in [-0.2, -0.15) is 0 Å². The summed E-state index contributed by atoms with van der Waals surface area (Å²) in [5.41, 5.74) is 7.98. The fraction of sp³-hybridized carbons (Fsp3) is 0.333. The van der Waals surface area contributed by atoms with Crippen molar-refractivity contribution in [2.75, 3.05) is 0 Å². The van der Waals surface area contributed by atoms with Gasteiger partial charge in [-0.25, -0.2) is 0 Å². The standard InChI is InChI=1S/C18H20BrClO/c1-9-10(2)12(4)17(13(5)11(9)3)18(21)14-6-7-16(20)15(19)8-14/h6-8,18,21H,1-5H3. The van der Waals surface area contributed by atoms with E-state index in [1.165, 1.54) is 16.7 Å². The van der Waals surface area contributed by atoms with Gasteiger partial charge in [-0.15, -0.1) is 0 Å². The Labute approximate surface area is 140 Å². The van der Waals surface area contributed by atoms with Crippen molar-refractivity contribution in [3.05, 3.63) is 66.6 Å². The molecule has 2 aromatic rings. The molecule has 112 valence electrons. The molecular formula is C18H20BrClO. The van der Waals surface area contributed by atoms with Crippen molar-refractivity contribution >= 4 is 27.5 Å². The summed E-state index contributed by atoms with van der Waals surface area (Å²) in [6.07, 6.45) is -0.642. The Balaban J connectivity index is 2.63. The van der Waals surface area contributed by atoms with Gasteiger partial charge in [0.05, 0.1) is 5.02 Å². The summed E-state index contributed by atoms with van der Waals surface area (Å²) in [6, 6.07) is 5.57. The predicted octanol–water partition coefficient (Wildman–Crippen LogP) is 5.73. The lowest BCUT2D eigenvalue weighted by atomic mass is 9.85. The Kier molecular flexibility index (Phi) is 4.82. The van der Waals surface area contributed by atoms with Crippen LogP contribution in [0.15, 0.2) is 22.7 Å². The minimum absolute atomic E-state index is 0.642. The monoisotopic (exact) mass is 366 g/mol. The molecule has 1 nitrogen and oxygen atoms in total. The van der Waals surface area contributed by atoms with Gasteiger partial charge in [0.2, 0.25) is 0 Å². The lowest BCUT2D eigenvalue weighted by molar-refractivity contribution is 0.218. The molecule has 0 radical (unpaired) electrons. The summed E-state index contributed by atoms with van der Waals surface area (Å²) in [5, 5.41) is 11.5. The largest absolute Gasteiger partial charge is 0.384 e. The summed E-state index contributed by atoms with van der Waals surface area (Å²) in [6.45, 7) is 10.5. The van der Waals surface area contributed by atoms with E-state index in [0.717, 1.165) is 26.7 Å². The van der Waals surface area contributed by atoms with Crippen molar-refractivity contribution < 1.29 is 5.11 Å². The maximum absolute atomic E-state index is 10.8. The second-order valence-electron chi connectivity index (χ2n) is 5.61. The zero-order chi connectivity index (χ0) is 15.9. The summed E-state index contributed by atoms with van der Waals surface area (Å²) in [5.74, 6) is 0. The average Bonchev–Trinajstić information content (AvgIpc) is 2.46. The van der Waals surface area contributed by atoms with Crippen LogP contribution in [0.3, 0.4) is 0 Å². The Morgan fingerprint density at radius 2 is 1.38 bits per heavy atom. The molecule has 0 aliphatic rings. The average molecular weight is 368 g/mol. The lowest BCUT2D eigenvalue weighted by Gasteiger charge is -2.23. The van der Waals surface area contributed by atoms with Crippen LogP contribution in [0.4, 0.5) is 0 Å². The second-order valence-corrected chi connectivity index (χ2v) is 6.88. The van der Waals surface area contributed by atoms with Crippen molar-refractivity contribution in [1.82, 2.24) is 0 Å². The normalized spacial score (nSPS) is 12.6. The highest BCUT2D eigenvalue weighted by molar-refractivity contribution is 9.10. The van der Waals surface area contributed by atoms with E-state index in [2.05, 4.69) is 50.5 Å². The van der Waals surface area contributed by atoms with Crippen molar-refractivity contribution in [3.63, 3.8) is 0 Å². The maximum atomic E-state index is 10.8. The van der Waals surface area contributed by atoms with E-state index in [0.29, 0.717) is 5.02 Å². The number of hydrogen-bond acceptors (Lipinski definition) is 1. The topological polar surface area (TPSA) is 20.2 Å². The van der Waals surface area contributed by atoms with Crippen molar-refractivity contribution in [2.24, 2.45) is 0 Å². The van der Waals surface area contributed by atoms with Crippen LogP contribution in [0.5, 0.6) is 0 Å². The number of aliphatic hydroxyl groups excluding tert-OH is 1. The fourth-order valence-electron chi connectivity index (χ4n) is 2.79. The van der Waals surface area contributed by atoms with Crippen LogP contribution >= 0.6 is 27.5 Å². The quantitative estimate of drug-likeness (QED) is 0.719. The molecule has 0 aliphatic heterocycles. The van der Waals surface area contributed by atoms with Crippen LogP contribution in [0.2, 0.25) is 5.02 Å². The molecule has 0 fully saturated rings. The molecule has 0 aliphatic carbocycles. The lowest BCUT2D eigenvalue weighted by Crippen LogP contribution is -2.09. The highest BCUT2D eigenvalue weighted by Crippen LogP contribution is 2.35. The number of rotatable bonds is 2. The molecule has 2 aromatic carbocycles. The van der Waals surface area contributed by atoms with Gasteiger partial charge in [0, 0.05) is 4.47 Å². The van der Waals surface area contributed by atoms with Gasteiger partial charge in [-0.05, 0) is 102 Å². The van der Waals surface area contributed by atoms with Crippen LogP contribution in [-0.2, 0) is 0 Å². The van der Waals surface area contributed by atoms with E-state index >= 15 is 0 Å². The Morgan fingerprint density at radius 1 is 0.905 bits per heavy atom. The third-order valence-corrected chi connectivity index (χ3v) is 5.80. The molecule has 0 saturated heterocycles. The van der Waals surface area contributed by atoms with Gasteiger partial charge in [-0.1, -0.05) is 17.7 Å². The summed E-state index contributed by atoms with van der Waals surface area (Å²) >= 11 is 9.46. The van der Waals surface area contributed by atoms with Crippen LogP contribution in [0.1, 0.15) is 45.0 Å². The molecule has 1 atom stereocenters. The van der Waals surface area contributed by atoms with Gasteiger partial charge in [-0.3, -0.25) is 0 Å². The molecule has 0 heterocycles. The van der Waals surface area contributed by atoms with Gasteiger partial charge in [0.25, 0.3) is 0 Å². The first-order chi connectivity index (χ1) is 9.75. The molecule has 0 aromatic heterocycles. The van der Waals surface area contributed by atoms with Crippen molar-refractivity contribution in [1.29, 1.82) is 0 Å². The Morgan fingerprint density at radius 3 is 1.86 bits per heavy atom. The van der Waals surface area contributed by atoms with Crippen LogP contribution in [-0.4, -0.2) is 5.11 Å². The number of aliphatic hydroxyl groups is 1. The van der Waals surface area contributed by atoms with Gasteiger partial charge in [0.1, 0.15) is 6.10 Å². The molecular weight excluding hydrogens is 348 g/mol. The fourth-order valence-corrected chi connectivity index (χ4v) is 3.30. The zero-order valence-electron chi connectivity index (χ0n) is 13.0. The summed E-state index contributed by atoms with van der Waals surface area (Å²) in [4.78, 5) is 0. The van der Waals surface area contributed by atoms with E-state index < -0.39 is 6.10 Å². The predicted molar refractivity (Wildman–Crippen MR) is 93.3 cm³/mol. The first-order valence-corrected chi connectivity index (χ1v) is 8.12. The van der Waals surface area contributed by atoms with Crippen LogP contribution in [0.25, 0.3) is 0 Å². The molecule has 1 unspecified atom stereocenters. The van der Waals surface area contributed by atoms with E-state index in [4.69, 9.17) is 11.6 Å². The third-order valence-electron chi connectivity index (χ3n) is 4.59. The first kappa shape index (κ1) is 16.5. The summed E-state index contributed by atoms with van der Waals surface area (Å²) in [7, 11) is 0. The smallest absolute Gasteiger partial charge is 0.105 e. The molecule has 0 amide bonds.